The zero-order valence-corrected chi connectivity index (χ0v) is 10.1. The first kappa shape index (κ1) is 13.2. The molecule has 1 atom stereocenters. The van der Waals surface area contributed by atoms with Crippen molar-refractivity contribution in [1.29, 1.82) is 5.26 Å². The van der Waals surface area contributed by atoms with E-state index in [2.05, 4.69) is 5.32 Å². The maximum Gasteiger partial charge on any atom is 0.227 e. The molecule has 4 heteroatoms. The summed E-state index contributed by atoms with van der Waals surface area (Å²) in [7, 11) is 0. The molecular formula is C13H15FN2O. The summed E-state index contributed by atoms with van der Waals surface area (Å²) in [5.41, 5.74) is 0.346. The Morgan fingerprint density at radius 1 is 1.41 bits per heavy atom. The van der Waals surface area contributed by atoms with Crippen molar-refractivity contribution in [2.45, 2.75) is 20.8 Å². The zero-order valence-electron chi connectivity index (χ0n) is 10.1. The number of nitrogens with zero attached hydrogens (tertiary/aromatic N) is 1. The molecule has 3 nitrogen and oxygen atoms in total. The molecule has 1 N–H and O–H groups in total. The number of benzene rings is 1. The predicted molar refractivity (Wildman–Crippen MR) is 63.7 cm³/mol. The quantitative estimate of drug-likeness (QED) is 0.874. The third-order valence-electron chi connectivity index (χ3n) is 2.77. The van der Waals surface area contributed by atoms with Gasteiger partial charge in [-0.15, -0.1) is 0 Å². The van der Waals surface area contributed by atoms with Crippen LogP contribution in [0, 0.1) is 29.0 Å². The number of halogens is 1. The van der Waals surface area contributed by atoms with E-state index >= 15 is 0 Å². The van der Waals surface area contributed by atoms with E-state index in [0.29, 0.717) is 0 Å². The molecule has 0 saturated carbocycles. The van der Waals surface area contributed by atoms with Crippen LogP contribution in [0.25, 0.3) is 0 Å². The van der Waals surface area contributed by atoms with Crippen molar-refractivity contribution in [3.8, 4) is 6.07 Å². The molecule has 90 valence electrons. The molecule has 0 heterocycles. The van der Waals surface area contributed by atoms with Crippen LogP contribution >= 0.6 is 0 Å². The minimum absolute atomic E-state index is 0.113. The van der Waals surface area contributed by atoms with Crippen LogP contribution in [0.3, 0.4) is 0 Å². The van der Waals surface area contributed by atoms with Gasteiger partial charge in [0.25, 0.3) is 0 Å². The lowest BCUT2D eigenvalue weighted by Gasteiger charge is -2.15. The average Bonchev–Trinajstić information content (AvgIpc) is 2.30. The number of amides is 1. The van der Waals surface area contributed by atoms with Crippen LogP contribution < -0.4 is 5.32 Å². The SMILES string of the molecule is CC(C)C(C)C(=O)Nc1ccc(C#N)cc1F. The molecular weight excluding hydrogens is 219 g/mol. The van der Waals surface area contributed by atoms with Gasteiger partial charge in [0.1, 0.15) is 5.82 Å². The van der Waals surface area contributed by atoms with E-state index in [1.165, 1.54) is 12.1 Å². The topological polar surface area (TPSA) is 52.9 Å². The van der Waals surface area contributed by atoms with Crippen molar-refractivity contribution in [2.24, 2.45) is 11.8 Å². The van der Waals surface area contributed by atoms with Crippen LogP contribution in [0.2, 0.25) is 0 Å². The summed E-state index contributed by atoms with van der Waals surface area (Å²) in [5.74, 6) is -0.807. The summed E-state index contributed by atoms with van der Waals surface area (Å²) < 4.78 is 13.5. The van der Waals surface area contributed by atoms with Crippen molar-refractivity contribution < 1.29 is 9.18 Å². The Labute approximate surface area is 100 Å². The first-order valence-electron chi connectivity index (χ1n) is 5.46. The minimum Gasteiger partial charge on any atom is -0.323 e. The van der Waals surface area contributed by atoms with E-state index in [-0.39, 0.29) is 29.0 Å². The smallest absolute Gasteiger partial charge is 0.227 e. The Morgan fingerprint density at radius 2 is 2.06 bits per heavy atom. The molecule has 0 radical (unpaired) electrons. The van der Waals surface area contributed by atoms with Crippen molar-refractivity contribution >= 4 is 11.6 Å². The fourth-order valence-corrected chi connectivity index (χ4v) is 1.24. The van der Waals surface area contributed by atoms with Crippen LogP contribution in [-0.4, -0.2) is 5.91 Å². The van der Waals surface area contributed by atoms with Gasteiger partial charge in [-0.2, -0.15) is 5.26 Å². The molecule has 0 saturated heterocycles. The molecule has 1 aromatic rings. The van der Waals surface area contributed by atoms with E-state index < -0.39 is 5.82 Å². The van der Waals surface area contributed by atoms with E-state index in [4.69, 9.17) is 5.26 Å². The largest absolute Gasteiger partial charge is 0.323 e. The summed E-state index contributed by atoms with van der Waals surface area (Å²) >= 11 is 0. The first-order chi connectivity index (χ1) is 7.95. The standard InChI is InChI=1S/C13H15FN2O/c1-8(2)9(3)13(17)16-12-5-4-10(7-15)6-11(12)14/h4-6,8-9H,1-3H3,(H,16,17). The van der Waals surface area contributed by atoms with Crippen LogP contribution in [0.4, 0.5) is 10.1 Å². The molecule has 0 aliphatic heterocycles. The Kier molecular flexibility index (Phi) is 4.22. The van der Waals surface area contributed by atoms with Gasteiger partial charge in [0.05, 0.1) is 17.3 Å². The summed E-state index contributed by atoms with van der Waals surface area (Å²) in [4.78, 5) is 11.7. The molecule has 1 aromatic carbocycles. The molecule has 1 amide bonds. The summed E-state index contributed by atoms with van der Waals surface area (Å²) in [6, 6.07) is 5.82. The van der Waals surface area contributed by atoms with Gasteiger partial charge in [0, 0.05) is 5.92 Å². The number of nitriles is 1. The lowest BCUT2D eigenvalue weighted by atomic mass is 9.97. The van der Waals surface area contributed by atoms with E-state index in [1.54, 1.807) is 6.92 Å². The third-order valence-corrected chi connectivity index (χ3v) is 2.77. The number of hydrogen-bond donors (Lipinski definition) is 1. The molecule has 0 aliphatic rings. The Morgan fingerprint density at radius 3 is 2.53 bits per heavy atom. The zero-order chi connectivity index (χ0) is 13.0. The van der Waals surface area contributed by atoms with Crippen LogP contribution in [0.5, 0.6) is 0 Å². The molecule has 1 rings (SSSR count). The van der Waals surface area contributed by atoms with Crippen molar-refractivity contribution in [3.63, 3.8) is 0 Å². The van der Waals surface area contributed by atoms with E-state index in [9.17, 15) is 9.18 Å². The average molecular weight is 234 g/mol. The number of nitrogens with one attached hydrogen (secondary N) is 1. The summed E-state index contributed by atoms with van der Waals surface area (Å²) in [6.45, 7) is 5.65. The van der Waals surface area contributed by atoms with Crippen molar-refractivity contribution in [1.82, 2.24) is 0 Å². The third kappa shape index (κ3) is 3.28. The molecule has 0 fully saturated rings. The molecule has 17 heavy (non-hydrogen) atoms. The number of carbonyl (C=O) groups is 1. The van der Waals surface area contributed by atoms with Gasteiger partial charge in [-0.3, -0.25) is 4.79 Å². The lowest BCUT2D eigenvalue weighted by Crippen LogP contribution is -2.24. The van der Waals surface area contributed by atoms with Gasteiger partial charge in [-0.25, -0.2) is 4.39 Å². The van der Waals surface area contributed by atoms with Gasteiger partial charge in [0.2, 0.25) is 5.91 Å². The Balaban J connectivity index is 2.83. The molecule has 0 aliphatic carbocycles. The highest BCUT2D eigenvalue weighted by atomic mass is 19.1. The van der Waals surface area contributed by atoms with Crippen molar-refractivity contribution in [2.75, 3.05) is 5.32 Å². The van der Waals surface area contributed by atoms with Crippen LogP contribution in [-0.2, 0) is 4.79 Å². The second-order valence-corrected chi connectivity index (χ2v) is 4.33. The molecule has 1 unspecified atom stereocenters. The minimum atomic E-state index is -0.589. The molecule has 0 aromatic heterocycles. The highest BCUT2D eigenvalue weighted by Crippen LogP contribution is 2.18. The summed E-state index contributed by atoms with van der Waals surface area (Å²) in [5, 5.41) is 11.1. The fourth-order valence-electron chi connectivity index (χ4n) is 1.24. The van der Waals surface area contributed by atoms with Gasteiger partial charge in [-0.05, 0) is 24.1 Å². The van der Waals surface area contributed by atoms with E-state index in [0.717, 1.165) is 6.07 Å². The second kappa shape index (κ2) is 5.44. The Bertz CT molecular complexity index is 463. The maximum atomic E-state index is 13.5. The van der Waals surface area contributed by atoms with E-state index in [1.807, 2.05) is 19.9 Å². The maximum absolute atomic E-state index is 13.5. The highest BCUT2D eigenvalue weighted by molar-refractivity contribution is 5.92. The number of anilines is 1. The lowest BCUT2D eigenvalue weighted by molar-refractivity contribution is -0.120. The fraction of sp³-hybridized carbons (Fsp3) is 0.385. The number of hydrogen-bond acceptors (Lipinski definition) is 2. The molecule has 0 bridgehead atoms. The number of rotatable bonds is 3. The first-order valence-corrected chi connectivity index (χ1v) is 5.46. The number of carbonyl (C=O) groups excluding carboxylic acids is 1. The van der Waals surface area contributed by atoms with Gasteiger partial charge in [0.15, 0.2) is 0 Å². The second-order valence-electron chi connectivity index (χ2n) is 4.33. The van der Waals surface area contributed by atoms with Crippen molar-refractivity contribution in [3.05, 3.63) is 29.6 Å². The monoisotopic (exact) mass is 234 g/mol. The van der Waals surface area contributed by atoms with Crippen LogP contribution in [0.1, 0.15) is 26.3 Å². The van der Waals surface area contributed by atoms with Gasteiger partial charge in [-0.1, -0.05) is 20.8 Å². The predicted octanol–water partition coefficient (Wildman–Crippen LogP) is 2.93. The van der Waals surface area contributed by atoms with Crippen LogP contribution in [0.15, 0.2) is 18.2 Å². The summed E-state index contributed by atoms with van der Waals surface area (Å²) in [6.07, 6.45) is 0. The molecule has 0 spiro atoms. The Hall–Kier alpha value is -1.89. The van der Waals surface area contributed by atoms with Gasteiger partial charge >= 0.3 is 0 Å². The normalized spacial score (nSPS) is 12.0. The highest BCUT2D eigenvalue weighted by Gasteiger charge is 2.17. The van der Waals surface area contributed by atoms with Gasteiger partial charge < -0.3 is 5.32 Å².